The van der Waals surface area contributed by atoms with Crippen LogP contribution in [0.15, 0.2) is 72.8 Å². The van der Waals surface area contributed by atoms with Gasteiger partial charge in [-0.1, -0.05) is 42.0 Å². The zero-order chi connectivity index (χ0) is 24.9. The van der Waals surface area contributed by atoms with Gasteiger partial charge in [-0.05, 0) is 50.2 Å². The smallest absolute Gasteiger partial charge is 0.409 e. The molecule has 5 rings (SSSR count). The van der Waals surface area contributed by atoms with E-state index in [1.54, 1.807) is 4.90 Å². The molecule has 1 saturated heterocycles. The van der Waals surface area contributed by atoms with Gasteiger partial charge in [-0.2, -0.15) is 0 Å². The fraction of sp³-hybridized carbons (Fsp3) is 0.250. The molecule has 184 valence electrons. The van der Waals surface area contributed by atoms with E-state index in [1.807, 2.05) is 55.5 Å². The summed E-state index contributed by atoms with van der Waals surface area (Å²) in [7, 11) is 0. The minimum atomic E-state index is -0.267. The summed E-state index contributed by atoms with van der Waals surface area (Å²) < 4.78 is 5.17. The molecule has 1 aliphatic rings. The summed E-state index contributed by atoms with van der Waals surface area (Å²) in [5.74, 6) is 1.44. The third-order valence-corrected chi connectivity index (χ3v) is 6.17. The number of piperazine rings is 1. The molecule has 1 fully saturated rings. The number of hydrogen-bond donors (Lipinski definition) is 2. The number of benzene rings is 3. The second-order valence-corrected chi connectivity index (χ2v) is 8.72. The van der Waals surface area contributed by atoms with Gasteiger partial charge >= 0.3 is 6.09 Å². The summed E-state index contributed by atoms with van der Waals surface area (Å²) in [5.41, 5.74) is 5.71. The molecule has 4 aromatic rings. The highest BCUT2D eigenvalue weighted by Gasteiger charge is 2.25. The van der Waals surface area contributed by atoms with Crippen molar-refractivity contribution in [3.8, 4) is 0 Å². The minimum absolute atomic E-state index is 0.267. The Morgan fingerprint density at radius 2 is 1.44 bits per heavy atom. The summed E-state index contributed by atoms with van der Waals surface area (Å²) in [6, 6.07) is 24.2. The predicted octanol–water partition coefficient (Wildman–Crippen LogP) is 5.70. The average Bonchev–Trinajstić information content (AvgIpc) is 2.91. The number of carbonyl (C=O) groups excluding carboxylic acids is 1. The van der Waals surface area contributed by atoms with Crippen LogP contribution >= 0.6 is 0 Å². The van der Waals surface area contributed by atoms with Crippen molar-refractivity contribution in [2.24, 2.45) is 0 Å². The molecule has 0 aliphatic carbocycles. The lowest BCUT2D eigenvalue weighted by atomic mass is 10.2. The number of rotatable bonds is 6. The summed E-state index contributed by atoms with van der Waals surface area (Å²) >= 11 is 0. The number of ether oxygens (including phenoxy) is 1. The van der Waals surface area contributed by atoms with E-state index in [2.05, 4.69) is 46.7 Å². The number of amides is 1. The van der Waals surface area contributed by atoms with Gasteiger partial charge in [-0.3, -0.25) is 0 Å². The van der Waals surface area contributed by atoms with Crippen LogP contribution in [0.1, 0.15) is 12.5 Å². The molecule has 3 aromatic carbocycles. The number of carbonyl (C=O) groups is 1. The van der Waals surface area contributed by atoms with Crippen LogP contribution in [0.4, 0.5) is 33.5 Å². The molecule has 0 bridgehead atoms. The van der Waals surface area contributed by atoms with Crippen molar-refractivity contribution in [3.05, 3.63) is 78.4 Å². The molecule has 1 amide bonds. The Balaban J connectivity index is 1.44. The number of nitrogens with one attached hydrogen (secondary N) is 2. The van der Waals surface area contributed by atoms with Crippen LogP contribution in [-0.4, -0.2) is 53.7 Å². The van der Waals surface area contributed by atoms with E-state index in [4.69, 9.17) is 14.7 Å². The van der Waals surface area contributed by atoms with Gasteiger partial charge in [-0.15, -0.1) is 0 Å². The number of para-hydroxylation sites is 4. The van der Waals surface area contributed by atoms with Crippen LogP contribution in [0.3, 0.4) is 0 Å². The Kier molecular flexibility index (Phi) is 6.84. The van der Waals surface area contributed by atoms with E-state index in [1.165, 1.54) is 5.56 Å². The molecule has 2 N–H and O–H groups in total. The quantitative estimate of drug-likeness (QED) is 0.365. The number of hydrogen-bond acceptors (Lipinski definition) is 7. The highest BCUT2D eigenvalue weighted by molar-refractivity contribution is 5.85. The molecule has 8 nitrogen and oxygen atoms in total. The monoisotopic (exact) mass is 482 g/mol. The number of aromatic nitrogens is 2. The van der Waals surface area contributed by atoms with Crippen molar-refractivity contribution >= 4 is 45.8 Å². The van der Waals surface area contributed by atoms with Crippen LogP contribution in [0.2, 0.25) is 0 Å². The van der Waals surface area contributed by atoms with Gasteiger partial charge in [0.2, 0.25) is 0 Å². The van der Waals surface area contributed by atoms with E-state index >= 15 is 0 Å². The lowest BCUT2D eigenvalue weighted by Crippen LogP contribution is -2.49. The summed E-state index contributed by atoms with van der Waals surface area (Å²) in [6.07, 6.45) is -0.267. The topological polar surface area (TPSA) is 82.6 Å². The summed E-state index contributed by atoms with van der Waals surface area (Å²) in [5, 5.41) is 7.04. The van der Waals surface area contributed by atoms with Gasteiger partial charge in [0.1, 0.15) is 0 Å². The fourth-order valence-corrected chi connectivity index (χ4v) is 4.23. The van der Waals surface area contributed by atoms with E-state index in [-0.39, 0.29) is 6.09 Å². The van der Waals surface area contributed by atoms with Crippen molar-refractivity contribution < 1.29 is 9.53 Å². The maximum absolute atomic E-state index is 12.2. The lowest BCUT2D eigenvalue weighted by Gasteiger charge is -2.35. The van der Waals surface area contributed by atoms with Crippen molar-refractivity contribution in [1.29, 1.82) is 0 Å². The molecular weight excluding hydrogens is 452 g/mol. The number of fused-ring (bicyclic) bond motifs is 1. The Morgan fingerprint density at radius 1 is 0.833 bits per heavy atom. The standard InChI is InChI=1S/C28H30N6O2/c1-3-36-28(35)34-18-16-33(17-19-34)27-26(31-24-10-6-7-11-25(24)32-27)30-23-9-5-4-8-22(23)29-21-14-12-20(2)13-15-21/h4-15,29H,3,16-19H2,1-2H3,(H,30,31). The Morgan fingerprint density at radius 3 is 2.11 bits per heavy atom. The van der Waals surface area contributed by atoms with Crippen molar-refractivity contribution in [3.63, 3.8) is 0 Å². The molecule has 36 heavy (non-hydrogen) atoms. The van der Waals surface area contributed by atoms with Crippen LogP contribution in [0.5, 0.6) is 0 Å². The van der Waals surface area contributed by atoms with Crippen molar-refractivity contribution in [2.45, 2.75) is 13.8 Å². The Hall–Kier alpha value is -4.33. The molecule has 8 heteroatoms. The number of nitrogens with zero attached hydrogens (tertiary/aromatic N) is 4. The highest BCUT2D eigenvalue weighted by atomic mass is 16.6. The Bertz CT molecular complexity index is 1350. The number of anilines is 5. The van der Waals surface area contributed by atoms with E-state index in [9.17, 15) is 4.79 Å². The zero-order valence-corrected chi connectivity index (χ0v) is 20.6. The van der Waals surface area contributed by atoms with Gasteiger partial charge in [0.15, 0.2) is 11.6 Å². The maximum Gasteiger partial charge on any atom is 0.409 e. The number of aryl methyl sites for hydroxylation is 1. The van der Waals surface area contributed by atoms with Gasteiger partial charge in [0.05, 0.1) is 29.0 Å². The second-order valence-electron chi connectivity index (χ2n) is 8.72. The average molecular weight is 483 g/mol. The van der Waals surface area contributed by atoms with Crippen LogP contribution < -0.4 is 15.5 Å². The SMILES string of the molecule is CCOC(=O)N1CCN(c2nc3ccccc3nc2Nc2ccccc2Nc2ccc(C)cc2)CC1. The van der Waals surface area contributed by atoms with Crippen LogP contribution in [0, 0.1) is 6.92 Å². The second kappa shape index (κ2) is 10.5. The van der Waals surface area contributed by atoms with Gasteiger partial charge in [0.25, 0.3) is 0 Å². The van der Waals surface area contributed by atoms with Crippen molar-refractivity contribution in [1.82, 2.24) is 14.9 Å². The lowest BCUT2D eigenvalue weighted by molar-refractivity contribution is 0.105. The first-order chi connectivity index (χ1) is 17.6. The molecule has 2 heterocycles. The normalized spacial score (nSPS) is 13.5. The molecule has 0 spiro atoms. The highest BCUT2D eigenvalue weighted by Crippen LogP contribution is 2.33. The maximum atomic E-state index is 12.2. The molecule has 1 aliphatic heterocycles. The van der Waals surface area contributed by atoms with Crippen LogP contribution in [0.25, 0.3) is 11.0 Å². The minimum Gasteiger partial charge on any atom is -0.450 e. The molecule has 0 unspecified atom stereocenters. The summed E-state index contributed by atoms with van der Waals surface area (Å²) in [4.78, 5) is 26.0. The third-order valence-electron chi connectivity index (χ3n) is 6.17. The van der Waals surface area contributed by atoms with E-state index < -0.39 is 0 Å². The third kappa shape index (κ3) is 5.17. The molecule has 0 saturated carbocycles. The van der Waals surface area contributed by atoms with Crippen molar-refractivity contribution in [2.75, 3.05) is 48.3 Å². The van der Waals surface area contributed by atoms with Gasteiger partial charge < -0.3 is 25.2 Å². The summed E-state index contributed by atoms with van der Waals surface area (Å²) in [6.45, 7) is 6.69. The molecular formula is C28H30N6O2. The molecule has 1 aromatic heterocycles. The van der Waals surface area contributed by atoms with Crippen LogP contribution in [-0.2, 0) is 4.74 Å². The van der Waals surface area contributed by atoms with Gasteiger partial charge in [0, 0.05) is 31.9 Å². The first kappa shape index (κ1) is 23.4. The van der Waals surface area contributed by atoms with E-state index in [0.29, 0.717) is 38.6 Å². The predicted molar refractivity (Wildman–Crippen MR) is 145 cm³/mol. The van der Waals surface area contributed by atoms with E-state index in [0.717, 1.165) is 33.9 Å². The van der Waals surface area contributed by atoms with Gasteiger partial charge in [-0.25, -0.2) is 14.8 Å². The molecule has 0 atom stereocenters. The first-order valence-corrected chi connectivity index (χ1v) is 12.2. The molecule has 0 radical (unpaired) electrons. The first-order valence-electron chi connectivity index (χ1n) is 12.2. The zero-order valence-electron chi connectivity index (χ0n) is 20.6. The fourth-order valence-electron chi connectivity index (χ4n) is 4.23. The largest absolute Gasteiger partial charge is 0.450 e. The Labute approximate surface area is 210 Å².